The fraction of sp³-hybridized carbons (Fsp3) is 0.609. The molecule has 4 atom stereocenters. The fourth-order valence-corrected chi connectivity index (χ4v) is 4.12. The summed E-state index contributed by atoms with van der Waals surface area (Å²) in [6.07, 6.45) is 11.4. The van der Waals surface area contributed by atoms with E-state index >= 15 is 0 Å². The zero-order chi connectivity index (χ0) is 19.5. The van der Waals surface area contributed by atoms with Gasteiger partial charge in [-0.1, -0.05) is 42.5 Å². The molecule has 1 aliphatic rings. The van der Waals surface area contributed by atoms with E-state index in [4.69, 9.17) is 5.11 Å². The smallest absolute Gasteiger partial charge is 0.303 e. The Bertz CT molecular complexity index is 569. The molecule has 1 aliphatic carbocycles. The lowest BCUT2D eigenvalue weighted by Gasteiger charge is -2.22. The number of aryl methyl sites for hydroxylation is 1. The molecule has 4 heteroatoms. The van der Waals surface area contributed by atoms with Gasteiger partial charge in [-0.3, -0.25) is 4.79 Å². The van der Waals surface area contributed by atoms with E-state index in [9.17, 15) is 15.0 Å². The van der Waals surface area contributed by atoms with E-state index in [0.29, 0.717) is 12.3 Å². The lowest BCUT2D eigenvalue weighted by atomic mass is 9.86. The number of aliphatic hydroxyl groups is 2. The van der Waals surface area contributed by atoms with Gasteiger partial charge in [0.2, 0.25) is 0 Å². The summed E-state index contributed by atoms with van der Waals surface area (Å²) in [6.45, 7) is 0. The van der Waals surface area contributed by atoms with Crippen LogP contribution >= 0.6 is 0 Å². The van der Waals surface area contributed by atoms with Crippen molar-refractivity contribution in [2.45, 2.75) is 76.4 Å². The number of carboxylic acid groups (broad SMARTS) is 1. The van der Waals surface area contributed by atoms with E-state index in [2.05, 4.69) is 24.3 Å². The third-order valence-electron chi connectivity index (χ3n) is 5.74. The quantitative estimate of drug-likeness (QED) is 0.375. The van der Waals surface area contributed by atoms with E-state index in [-0.39, 0.29) is 24.5 Å². The molecule has 3 N–H and O–H groups in total. The molecule has 0 saturated heterocycles. The molecule has 2 rings (SSSR count). The van der Waals surface area contributed by atoms with Crippen LogP contribution in [0.4, 0.5) is 0 Å². The van der Waals surface area contributed by atoms with Crippen LogP contribution in [0.1, 0.15) is 63.4 Å². The Kier molecular flexibility index (Phi) is 9.57. The Morgan fingerprint density at radius 3 is 2.67 bits per heavy atom. The highest BCUT2D eigenvalue weighted by molar-refractivity contribution is 5.66. The third kappa shape index (κ3) is 8.27. The maximum atomic E-state index is 10.5. The zero-order valence-corrected chi connectivity index (χ0v) is 16.2. The largest absolute Gasteiger partial charge is 0.481 e. The first-order chi connectivity index (χ1) is 13.1. The number of hydrogen-bond donors (Lipinski definition) is 3. The van der Waals surface area contributed by atoms with Crippen molar-refractivity contribution >= 4 is 5.97 Å². The molecule has 1 aromatic rings. The maximum absolute atomic E-state index is 10.5. The number of carboxylic acids is 1. The van der Waals surface area contributed by atoms with Crippen molar-refractivity contribution in [1.82, 2.24) is 0 Å². The summed E-state index contributed by atoms with van der Waals surface area (Å²) < 4.78 is 0. The lowest BCUT2D eigenvalue weighted by Crippen LogP contribution is -2.21. The van der Waals surface area contributed by atoms with Crippen LogP contribution in [-0.2, 0) is 11.2 Å². The average Bonchev–Trinajstić information content (AvgIpc) is 3.01. The Morgan fingerprint density at radius 2 is 1.93 bits per heavy atom. The highest BCUT2D eigenvalue weighted by atomic mass is 16.4. The third-order valence-corrected chi connectivity index (χ3v) is 5.74. The lowest BCUT2D eigenvalue weighted by molar-refractivity contribution is -0.137. The molecule has 27 heavy (non-hydrogen) atoms. The molecule has 150 valence electrons. The number of benzene rings is 1. The number of carbonyl (C=O) groups is 1. The molecular formula is C23H34O4. The predicted molar refractivity (Wildman–Crippen MR) is 107 cm³/mol. The molecule has 0 bridgehead atoms. The predicted octanol–water partition coefficient (Wildman–Crippen LogP) is 4.35. The first-order valence-electron chi connectivity index (χ1n) is 10.3. The van der Waals surface area contributed by atoms with Gasteiger partial charge in [-0.2, -0.15) is 0 Å². The molecule has 0 spiro atoms. The van der Waals surface area contributed by atoms with Crippen LogP contribution in [0.15, 0.2) is 42.5 Å². The molecule has 0 radical (unpaired) electrons. The van der Waals surface area contributed by atoms with Gasteiger partial charge in [0.05, 0.1) is 12.2 Å². The van der Waals surface area contributed by atoms with E-state index < -0.39 is 5.97 Å². The summed E-state index contributed by atoms with van der Waals surface area (Å²) in [5.41, 5.74) is 1.25. The second-order valence-corrected chi connectivity index (χ2v) is 7.82. The van der Waals surface area contributed by atoms with Crippen molar-refractivity contribution in [2.75, 3.05) is 0 Å². The SMILES string of the molecule is O=C(O)CCCC=CC[C@H]1CC[C@@H](O)[C@@H]1CC[C@@H](O)CCc1ccccc1. The van der Waals surface area contributed by atoms with Crippen LogP contribution in [0.2, 0.25) is 0 Å². The fourth-order valence-electron chi connectivity index (χ4n) is 4.12. The minimum Gasteiger partial charge on any atom is -0.481 e. The van der Waals surface area contributed by atoms with Gasteiger partial charge in [0.15, 0.2) is 0 Å². The molecule has 0 heterocycles. The van der Waals surface area contributed by atoms with Gasteiger partial charge in [-0.05, 0) is 75.2 Å². The number of aliphatic hydroxyl groups excluding tert-OH is 2. The number of allylic oxidation sites excluding steroid dienone is 2. The summed E-state index contributed by atoms with van der Waals surface area (Å²) in [5.74, 6) is -0.00899. The second-order valence-electron chi connectivity index (χ2n) is 7.82. The molecular weight excluding hydrogens is 340 g/mol. The van der Waals surface area contributed by atoms with Gasteiger partial charge >= 0.3 is 5.97 Å². The molecule has 1 aromatic carbocycles. The van der Waals surface area contributed by atoms with Crippen molar-refractivity contribution in [3.05, 3.63) is 48.0 Å². The number of rotatable bonds is 12. The summed E-state index contributed by atoms with van der Waals surface area (Å²) in [7, 11) is 0. The molecule has 1 saturated carbocycles. The van der Waals surface area contributed by atoms with Crippen LogP contribution in [0, 0.1) is 11.8 Å². The van der Waals surface area contributed by atoms with Crippen LogP contribution in [-0.4, -0.2) is 33.5 Å². The van der Waals surface area contributed by atoms with Gasteiger partial charge in [0, 0.05) is 6.42 Å². The zero-order valence-electron chi connectivity index (χ0n) is 16.2. The Hall–Kier alpha value is -1.65. The van der Waals surface area contributed by atoms with Crippen molar-refractivity contribution < 1.29 is 20.1 Å². The Morgan fingerprint density at radius 1 is 1.15 bits per heavy atom. The topological polar surface area (TPSA) is 77.8 Å². The van der Waals surface area contributed by atoms with Crippen molar-refractivity contribution in [1.29, 1.82) is 0 Å². The van der Waals surface area contributed by atoms with E-state index in [1.165, 1.54) is 5.56 Å². The van der Waals surface area contributed by atoms with Crippen LogP contribution in [0.3, 0.4) is 0 Å². The average molecular weight is 375 g/mol. The van der Waals surface area contributed by atoms with E-state index in [1.54, 1.807) is 0 Å². The van der Waals surface area contributed by atoms with Gasteiger partial charge in [-0.25, -0.2) is 0 Å². The van der Waals surface area contributed by atoms with Crippen molar-refractivity contribution in [2.24, 2.45) is 11.8 Å². The molecule has 4 nitrogen and oxygen atoms in total. The standard InChI is InChI=1S/C23H34O4/c24-20(14-12-18-8-4-3-5-9-18)15-16-21-19(13-17-22(21)25)10-6-1-2-7-11-23(26)27/h1,3-6,8-9,19-22,24-25H,2,7,10-17H2,(H,26,27)/t19-,20-,21+,22+/m0/s1. The Labute approximate surface area is 162 Å². The van der Waals surface area contributed by atoms with Gasteiger partial charge in [0.25, 0.3) is 0 Å². The number of aliphatic carboxylic acids is 1. The van der Waals surface area contributed by atoms with Gasteiger partial charge in [0.1, 0.15) is 0 Å². The monoisotopic (exact) mass is 374 g/mol. The second kappa shape index (κ2) is 11.9. The van der Waals surface area contributed by atoms with Crippen LogP contribution in [0.25, 0.3) is 0 Å². The Balaban J connectivity index is 1.68. The highest BCUT2D eigenvalue weighted by Crippen LogP contribution is 2.38. The first kappa shape index (κ1) is 21.6. The molecule has 0 aromatic heterocycles. The maximum Gasteiger partial charge on any atom is 0.303 e. The molecule has 0 amide bonds. The first-order valence-corrected chi connectivity index (χ1v) is 10.3. The van der Waals surface area contributed by atoms with E-state index in [0.717, 1.165) is 51.4 Å². The minimum atomic E-state index is -0.742. The molecule has 0 unspecified atom stereocenters. The number of hydrogen-bond acceptors (Lipinski definition) is 3. The summed E-state index contributed by atoms with van der Waals surface area (Å²) in [6, 6.07) is 10.2. The van der Waals surface area contributed by atoms with Crippen LogP contribution in [0.5, 0.6) is 0 Å². The minimum absolute atomic E-state index is 0.218. The van der Waals surface area contributed by atoms with Gasteiger partial charge in [-0.15, -0.1) is 0 Å². The highest BCUT2D eigenvalue weighted by Gasteiger charge is 2.33. The van der Waals surface area contributed by atoms with Crippen LogP contribution < -0.4 is 0 Å². The van der Waals surface area contributed by atoms with Crippen molar-refractivity contribution in [3.63, 3.8) is 0 Å². The number of unbranched alkanes of at least 4 members (excludes halogenated alkanes) is 1. The molecule has 0 aliphatic heterocycles. The van der Waals surface area contributed by atoms with Gasteiger partial charge < -0.3 is 15.3 Å². The van der Waals surface area contributed by atoms with E-state index in [1.807, 2.05) is 18.2 Å². The normalized spacial score (nSPS) is 23.7. The summed E-state index contributed by atoms with van der Waals surface area (Å²) in [4.78, 5) is 10.5. The molecule has 1 fully saturated rings. The summed E-state index contributed by atoms with van der Waals surface area (Å²) in [5, 5.41) is 29.3. The van der Waals surface area contributed by atoms with Crippen molar-refractivity contribution in [3.8, 4) is 0 Å². The summed E-state index contributed by atoms with van der Waals surface area (Å²) >= 11 is 0.